The first-order valence-corrected chi connectivity index (χ1v) is 9.16. The van der Waals surface area contributed by atoms with E-state index in [9.17, 15) is 5.11 Å². The summed E-state index contributed by atoms with van der Waals surface area (Å²) in [6.07, 6.45) is 1.73. The van der Waals surface area contributed by atoms with E-state index >= 15 is 0 Å². The molecule has 0 aliphatic carbocycles. The van der Waals surface area contributed by atoms with Gasteiger partial charge >= 0.3 is 0 Å². The number of ether oxygens (including phenoxy) is 2. The Hall–Kier alpha value is -0.980. The van der Waals surface area contributed by atoms with E-state index in [-0.39, 0.29) is 24.7 Å². The van der Waals surface area contributed by atoms with Gasteiger partial charge in [0.25, 0.3) is 0 Å². The third kappa shape index (κ3) is 5.26. The van der Waals surface area contributed by atoms with E-state index in [0.29, 0.717) is 13.2 Å². The topological polar surface area (TPSA) is 54.0 Å². The minimum atomic E-state index is -0.137. The van der Waals surface area contributed by atoms with Crippen LogP contribution < -0.4 is 5.32 Å². The van der Waals surface area contributed by atoms with Crippen molar-refractivity contribution < 1.29 is 14.6 Å². The van der Waals surface area contributed by atoms with Gasteiger partial charge in [-0.25, -0.2) is 0 Å². The van der Waals surface area contributed by atoms with Gasteiger partial charge in [0, 0.05) is 45.2 Å². The molecule has 134 valence electrons. The van der Waals surface area contributed by atoms with E-state index in [0.717, 1.165) is 45.6 Å². The Morgan fingerprint density at radius 1 is 1.12 bits per heavy atom. The van der Waals surface area contributed by atoms with Crippen LogP contribution >= 0.6 is 0 Å². The Bertz CT molecular complexity index is 459. The van der Waals surface area contributed by atoms with E-state index in [1.807, 2.05) is 6.07 Å². The Labute approximate surface area is 144 Å². The lowest BCUT2D eigenvalue weighted by molar-refractivity contribution is -0.0911. The summed E-state index contributed by atoms with van der Waals surface area (Å²) in [5.41, 5.74) is 1.31. The van der Waals surface area contributed by atoms with Crippen LogP contribution in [-0.2, 0) is 15.9 Å². The molecule has 2 N–H and O–H groups in total. The summed E-state index contributed by atoms with van der Waals surface area (Å²) in [5.74, 6) is 0.555. The minimum absolute atomic E-state index is 0.137. The molecule has 2 aliphatic heterocycles. The smallest absolute Gasteiger partial charge is 0.160 e. The van der Waals surface area contributed by atoms with E-state index in [2.05, 4.69) is 34.5 Å². The van der Waals surface area contributed by atoms with Crippen molar-refractivity contribution in [2.24, 2.45) is 11.8 Å². The van der Waals surface area contributed by atoms with Crippen molar-refractivity contribution in [3.63, 3.8) is 0 Å². The lowest BCUT2D eigenvalue weighted by Gasteiger charge is -2.32. The number of rotatable bonds is 8. The predicted molar refractivity (Wildman–Crippen MR) is 93.8 cm³/mol. The van der Waals surface area contributed by atoms with Gasteiger partial charge in [0.15, 0.2) is 6.29 Å². The number of aliphatic hydroxyl groups excluding tert-OH is 1. The second-order valence-electron chi connectivity index (χ2n) is 6.89. The van der Waals surface area contributed by atoms with Gasteiger partial charge in [-0.1, -0.05) is 30.3 Å². The summed E-state index contributed by atoms with van der Waals surface area (Å²) in [5, 5.41) is 13.3. The highest BCUT2D eigenvalue weighted by Gasteiger charge is 2.30. The van der Waals surface area contributed by atoms with E-state index in [4.69, 9.17) is 9.47 Å². The first-order chi connectivity index (χ1) is 11.8. The zero-order valence-corrected chi connectivity index (χ0v) is 14.4. The number of benzene rings is 1. The first-order valence-electron chi connectivity index (χ1n) is 9.16. The Morgan fingerprint density at radius 2 is 1.83 bits per heavy atom. The third-order valence-corrected chi connectivity index (χ3v) is 4.99. The molecule has 5 nitrogen and oxygen atoms in total. The average molecular weight is 334 g/mol. The second kappa shape index (κ2) is 9.49. The summed E-state index contributed by atoms with van der Waals surface area (Å²) >= 11 is 0. The Morgan fingerprint density at radius 3 is 2.50 bits per heavy atom. The number of hydrogen-bond acceptors (Lipinski definition) is 5. The molecule has 2 heterocycles. The number of nitrogens with one attached hydrogen (secondary N) is 1. The molecular weight excluding hydrogens is 304 g/mol. The fourth-order valence-corrected chi connectivity index (χ4v) is 3.75. The largest absolute Gasteiger partial charge is 0.396 e. The van der Waals surface area contributed by atoms with Crippen LogP contribution in [0.25, 0.3) is 0 Å². The molecule has 1 aromatic rings. The first kappa shape index (κ1) is 17.8. The van der Waals surface area contributed by atoms with Crippen LogP contribution in [0.3, 0.4) is 0 Å². The lowest BCUT2D eigenvalue weighted by atomic mass is 9.88. The molecule has 0 aromatic heterocycles. The molecule has 0 spiro atoms. The van der Waals surface area contributed by atoms with Gasteiger partial charge in [-0.2, -0.15) is 0 Å². The maximum Gasteiger partial charge on any atom is 0.160 e. The molecule has 2 unspecified atom stereocenters. The number of aliphatic hydroxyl groups is 1. The van der Waals surface area contributed by atoms with Gasteiger partial charge in [-0.3, -0.25) is 0 Å². The standard InChI is InChI=1S/C19H30N2O3/c22-15-17(14-21-8-6-20-7-9-21)13-18(19-23-10-11-24-19)12-16-4-2-1-3-5-16/h1-5,17-20,22H,6-15H2. The number of hydrogen-bond donors (Lipinski definition) is 2. The molecule has 1 aromatic carbocycles. The predicted octanol–water partition coefficient (Wildman–Crippen LogP) is 1.12. The molecule has 3 rings (SSSR count). The highest BCUT2D eigenvalue weighted by molar-refractivity contribution is 5.15. The summed E-state index contributed by atoms with van der Waals surface area (Å²) < 4.78 is 11.6. The van der Waals surface area contributed by atoms with Crippen molar-refractivity contribution >= 4 is 0 Å². The van der Waals surface area contributed by atoms with Crippen molar-refractivity contribution in [2.75, 3.05) is 52.5 Å². The molecule has 0 saturated carbocycles. The SMILES string of the molecule is OCC(CC(Cc1ccccc1)C1OCCO1)CN1CCNCC1. The summed E-state index contributed by atoms with van der Waals surface area (Å²) in [7, 11) is 0. The van der Waals surface area contributed by atoms with Crippen LogP contribution in [0, 0.1) is 11.8 Å². The molecule has 0 amide bonds. The monoisotopic (exact) mass is 334 g/mol. The number of nitrogens with zero attached hydrogens (tertiary/aromatic N) is 1. The zero-order chi connectivity index (χ0) is 16.6. The van der Waals surface area contributed by atoms with E-state index in [1.54, 1.807) is 0 Å². The molecule has 0 bridgehead atoms. The van der Waals surface area contributed by atoms with Crippen molar-refractivity contribution in [1.82, 2.24) is 10.2 Å². The molecule has 5 heteroatoms. The fraction of sp³-hybridized carbons (Fsp3) is 0.684. The second-order valence-corrected chi connectivity index (χ2v) is 6.89. The van der Waals surface area contributed by atoms with Gasteiger partial charge in [0.1, 0.15) is 0 Å². The molecule has 2 atom stereocenters. The average Bonchev–Trinajstić information content (AvgIpc) is 3.17. The van der Waals surface area contributed by atoms with Gasteiger partial charge in [-0.15, -0.1) is 0 Å². The van der Waals surface area contributed by atoms with Gasteiger partial charge in [-0.05, 0) is 24.3 Å². The number of piperazine rings is 1. The van der Waals surface area contributed by atoms with E-state index < -0.39 is 0 Å². The third-order valence-electron chi connectivity index (χ3n) is 4.99. The van der Waals surface area contributed by atoms with Crippen LogP contribution in [0.4, 0.5) is 0 Å². The minimum Gasteiger partial charge on any atom is -0.396 e. The van der Waals surface area contributed by atoms with Crippen molar-refractivity contribution in [1.29, 1.82) is 0 Å². The van der Waals surface area contributed by atoms with E-state index in [1.165, 1.54) is 5.56 Å². The maximum absolute atomic E-state index is 9.89. The molecule has 2 aliphatic rings. The van der Waals surface area contributed by atoms with Crippen molar-refractivity contribution in [3.05, 3.63) is 35.9 Å². The quantitative estimate of drug-likeness (QED) is 0.746. The molecular formula is C19H30N2O3. The fourth-order valence-electron chi connectivity index (χ4n) is 3.75. The van der Waals surface area contributed by atoms with Crippen molar-refractivity contribution in [2.45, 2.75) is 19.1 Å². The highest BCUT2D eigenvalue weighted by Crippen LogP contribution is 2.26. The highest BCUT2D eigenvalue weighted by atomic mass is 16.7. The van der Waals surface area contributed by atoms with Gasteiger partial charge in [0.2, 0.25) is 0 Å². The normalized spacial score (nSPS) is 22.5. The summed E-state index contributed by atoms with van der Waals surface area (Å²) in [6, 6.07) is 10.5. The van der Waals surface area contributed by atoms with Crippen LogP contribution in [0.15, 0.2) is 30.3 Å². The van der Waals surface area contributed by atoms with Crippen LogP contribution in [-0.4, -0.2) is 68.8 Å². The Kier molecular flexibility index (Phi) is 7.05. The molecule has 24 heavy (non-hydrogen) atoms. The van der Waals surface area contributed by atoms with Crippen molar-refractivity contribution in [3.8, 4) is 0 Å². The van der Waals surface area contributed by atoms with Crippen LogP contribution in [0.1, 0.15) is 12.0 Å². The molecule has 2 saturated heterocycles. The summed E-state index contributed by atoms with van der Waals surface area (Å²) in [6.45, 7) is 6.75. The molecule has 0 radical (unpaired) electrons. The maximum atomic E-state index is 9.89. The molecule has 2 fully saturated rings. The van der Waals surface area contributed by atoms with Gasteiger partial charge in [0.05, 0.1) is 13.2 Å². The Balaban J connectivity index is 1.60. The van der Waals surface area contributed by atoms with Crippen LogP contribution in [0.2, 0.25) is 0 Å². The lowest BCUT2D eigenvalue weighted by Crippen LogP contribution is -2.46. The summed E-state index contributed by atoms with van der Waals surface area (Å²) in [4.78, 5) is 2.45. The van der Waals surface area contributed by atoms with Gasteiger partial charge < -0.3 is 24.8 Å². The van der Waals surface area contributed by atoms with Crippen LogP contribution in [0.5, 0.6) is 0 Å². The zero-order valence-electron chi connectivity index (χ0n) is 14.4.